The largest absolute Gasteiger partial charge is 0.450 e. The first-order chi connectivity index (χ1) is 13.1. The van der Waals surface area contributed by atoms with Gasteiger partial charge in [-0.25, -0.2) is 27.9 Å². The Hall–Kier alpha value is -3.38. The Bertz CT molecular complexity index is 1190. The van der Waals surface area contributed by atoms with Crippen molar-refractivity contribution in [3.8, 4) is 0 Å². The molecule has 3 aromatic rings. The highest BCUT2D eigenvalue weighted by atomic mass is 32.2. The third-order valence-electron chi connectivity index (χ3n) is 3.58. The maximum Gasteiger partial charge on any atom is 0.378 e. The van der Waals surface area contributed by atoms with E-state index in [0.29, 0.717) is 0 Å². The molecule has 1 amide bonds. The Morgan fingerprint density at radius 2 is 1.96 bits per heavy atom. The lowest BCUT2D eigenvalue weighted by Gasteiger charge is -2.06. The molecule has 0 aliphatic rings. The number of aryl methyl sites for hydroxylation is 2. The fourth-order valence-corrected chi connectivity index (χ4v) is 2.96. The minimum absolute atomic E-state index is 0.158. The molecular weight excluding hydrogens is 388 g/mol. The number of sulfonamides is 1. The Morgan fingerprint density at radius 3 is 2.68 bits per heavy atom. The van der Waals surface area contributed by atoms with E-state index < -0.39 is 28.5 Å². The highest BCUT2D eigenvalue weighted by Gasteiger charge is 2.18. The number of aromatic nitrogens is 4. The summed E-state index contributed by atoms with van der Waals surface area (Å²) in [5.41, 5.74) is 1.65. The van der Waals surface area contributed by atoms with Crippen molar-refractivity contribution >= 4 is 33.4 Å². The van der Waals surface area contributed by atoms with E-state index in [-0.39, 0.29) is 22.2 Å². The number of nitrogens with zero attached hydrogens (tertiary/aromatic N) is 4. The van der Waals surface area contributed by atoms with E-state index >= 15 is 0 Å². The van der Waals surface area contributed by atoms with Gasteiger partial charge in [0.2, 0.25) is 10.0 Å². The van der Waals surface area contributed by atoms with Gasteiger partial charge in [-0.3, -0.25) is 4.79 Å². The summed E-state index contributed by atoms with van der Waals surface area (Å²) in [6, 6.07) is 7.14. The van der Waals surface area contributed by atoms with E-state index in [1.807, 2.05) is 0 Å². The first kappa shape index (κ1) is 19.4. The zero-order chi connectivity index (χ0) is 20.5. The number of hydrogen-bond acceptors (Lipinski definition) is 8. The van der Waals surface area contributed by atoms with Crippen LogP contribution in [0.25, 0.3) is 5.78 Å². The van der Waals surface area contributed by atoms with E-state index in [2.05, 4.69) is 20.4 Å². The predicted molar refractivity (Wildman–Crippen MR) is 97.0 cm³/mol. The van der Waals surface area contributed by atoms with E-state index in [1.54, 1.807) is 19.9 Å². The highest BCUT2D eigenvalue weighted by molar-refractivity contribution is 7.89. The number of carbonyl (C=O) groups is 2. The second-order valence-electron chi connectivity index (χ2n) is 5.88. The second kappa shape index (κ2) is 7.32. The quantitative estimate of drug-likeness (QED) is 0.570. The van der Waals surface area contributed by atoms with E-state index in [0.717, 1.165) is 11.4 Å². The molecule has 0 saturated carbocycles. The minimum atomic E-state index is -3.90. The Labute approximate surface area is 159 Å². The lowest BCUT2D eigenvalue weighted by atomic mass is 10.3. The van der Waals surface area contributed by atoms with Gasteiger partial charge in [0, 0.05) is 17.1 Å². The van der Waals surface area contributed by atoms with Crippen LogP contribution < -0.4 is 10.5 Å². The van der Waals surface area contributed by atoms with Crippen LogP contribution in [-0.4, -0.2) is 46.5 Å². The average molecular weight is 404 g/mol. The number of nitrogens with one attached hydrogen (secondary N) is 1. The van der Waals surface area contributed by atoms with Crippen molar-refractivity contribution in [2.75, 3.05) is 11.9 Å². The lowest BCUT2D eigenvalue weighted by Crippen LogP contribution is -2.21. The number of esters is 1. The molecule has 12 heteroatoms. The highest BCUT2D eigenvalue weighted by Crippen LogP contribution is 2.14. The van der Waals surface area contributed by atoms with Gasteiger partial charge in [-0.05, 0) is 38.1 Å². The molecule has 0 aliphatic heterocycles. The monoisotopic (exact) mass is 404 g/mol. The molecule has 0 saturated heterocycles. The number of benzene rings is 1. The van der Waals surface area contributed by atoms with Gasteiger partial charge in [-0.2, -0.15) is 4.98 Å². The summed E-state index contributed by atoms with van der Waals surface area (Å²) >= 11 is 0. The number of ether oxygens (including phenoxy) is 1. The van der Waals surface area contributed by atoms with E-state index in [9.17, 15) is 18.0 Å². The Morgan fingerprint density at radius 1 is 1.21 bits per heavy atom. The molecule has 3 N–H and O–H groups in total. The van der Waals surface area contributed by atoms with Crippen molar-refractivity contribution in [1.82, 2.24) is 19.6 Å². The summed E-state index contributed by atoms with van der Waals surface area (Å²) in [5, 5.41) is 11.5. The molecule has 11 nitrogen and oxygen atoms in total. The van der Waals surface area contributed by atoms with Crippen LogP contribution in [-0.2, 0) is 19.6 Å². The van der Waals surface area contributed by atoms with Crippen LogP contribution in [0, 0.1) is 13.8 Å². The summed E-state index contributed by atoms with van der Waals surface area (Å²) in [5.74, 6) is -1.55. The molecule has 146 valence electrons. The van der Waals surface area contributed by atoms with E-state index in [1.165, 1.54) is 28.8 Å². The Kier molecular flexibility index (Phi) is 5.07. The molecule has 28 heavy (non-hydrogen) atoms. The number of primary sulfonamides is 1. The van der Waals surface area contributed by atoms with Gasteiger partial charge in [0.15, 0.2) is 6.61 Å². The van der Waals surface area contributed by atoms with Crippen LogP contribution in [0.4, 0.5) is 5.69 Å². The van der Waals surface area contributed by atoms with Crippen LogP contribution >= 0.6 is 0 Å². The summed E-state index contributed by atoms with van der Waals surface area (Å²) in [6.07, 6.45) is 0. The molecule has 1 aromatic carbocycles. The smallest absolute Gasteiger partial charge is 0.378 e. The fourth-order valence-electron chi connectivity index (χ4n) is 2.40. The third-order valence-corrected chi connectivity index (χ3v) is 4.49. The van der Waals surface area contributed by atoms with Crippen molar-refractivity contribution in [2.24, 2.45) is 5.14 Å². The van der Waals surface area contributed by atoms with Crippen molar-refractivity contribution in [2.45, 2.75) is 18.7 Å². The molecular formula is C16H16N6O5S. The van der Waals surface area contributed by atoms with Crippen molar-refractivity contribution in [3.05, 3.63) is 47.5 Å². The zero-order valence-electron chi connectivity index (χ0n) is 14.9. The first-order valence-corrected chi connectivity index (χ1v) is 9.49. The van der Waals surface area contributed by atoms with Gasteiger partial charge in [-0.15, -0.1) is 5.10 Å². The molecule has 0 aliphatic carbocycles. The van der Waals surface area contributed by atoms with Crippen molar-refractivity contribution in [3.63, 3.8) is 0 Å². The Balaban J connectivity index is 1.65. The van der Waals surface area contributed by atoms with Crippen molar-refractivity contribution < 1.29 is 22.7 Å². The number of nitrogens with two attached hydrogens (primary N) is 1. The summed E-state index contributed by atoms with van der Waals surface area (Å²) in [4.78, 5) is 32.0. The number of fused-ring (bicyclic) bond motifs is 1. The molecule has 0 bridgehead atoms. The molecule has 2 aromatic heterocycles. The maximum absolute atomic E-state index is 12.1. The SMILES string of the molecule is Cc1cc(C)n2nc(C(=O)OCC(=O)Nc3cccc(S(N)(=O)=O)c3)nc2n1. The number of anilines is 1. The van der Waals surface area contributed by atoms with Gasteiger partial charge in [0.05, 0.1) is 4.90 Å². The number of hydrogen-bond donors (Lipinski definition) is 2. The minimum Gasteiger partial charge on any atom is -0.450 e. The van der Waals surface area contributed by atoms with Crippen molar-refractivity contribution in [1.29, 1.82) is 0 Å². The number of carbonyl (C=O) groups excluding carboxylic acids is 2. The zero-order valence-corrected chi connectivity index (χ0v) is 15.7. The standard InChI is InChI=1S/C16H16N6O5S/c1-9-6-10(2)22-16(18-9)20-14(21-22)15(24)27-8-13(23)19-11-4-3-5-12(7-11)28(17,25)26/h3-7H,8H2,1-2H3,(H,19,23)(H2,17,25,26). The van der Waals surface area contributed by atoms with Gasteiger partial charge in [0.1, 0.15) is 0 Å². The first-order valence-electron chi connectivity index (χ1n) is 7.94. The maximum atomic E-state index is 12.1. The van der Waals surface area contributed by atoms with Crippen LogP contribution in [0.15, 0.2) is 35.2 Å². The van der Waals surface area contributed by atoms with Gasteiger partial charge >= 0.3 is 5.97 Å². The molecule has 0 spiro atoms. The second-order valence-corrected chi connectivity index (χ2v) is 7.44. The van der Waals surface area contributed by atoms with Gasteiger partial charge < -0.3 is 10.1 Å². The molecule has 0 atom stereocenters. The topological polar surface area (TPSA) is 159 Å². The summed E-state index contributed by atoms with van der Waals surface area (Å²) in [6.45, 7) is 2.96. The van der Waals surface area contributed by atoms with Gasteiger partial charge in [-0.1, -0.05) is 6.07 Å². The van der Waals surface area contributed by atoms with Crippen LogP contribution in [0.2, 0.25) is 0 Å². The van der Waals surface area contributed by atoms with Crippen LogP contribution in [0.3, 0.4) is 0 Å². The average Bonchev–Trinajstić information content (AvgIpc) is 3.03. The lowest BCUT2D eigenvalue weighted by molar-refractivity contribution is -0.119. The summed E-state index contributed by atoms with van der Waals surface area (Å²) < 4.78 is 29.0. The van der Waals surface area contributed by atoms with Crippen LogP contribution in [0.5, 0.6) is 0 Å². The molecule has 0 fully saturated rings. The predicted octanol–water partition coefficient (Wildman–Crippen LogP) is 0.184. The molecule has 3 rings (SSSR count). The molecule has 0 unspecified atom stereocenters. The molecule has 2 heterocycles. The third kappa shape index (κ3) is 4.29. The normalized spacial score (nSPS) is 11.4. The van der Waals surface area contributed by atoms with E-state index in [4.69, 9.17) is 9.88 Å². The fraction of sp³-hybridized carbons (Fsp3) is 0.188. The molecule has 0 radical (unpaired) electrons. The van der Waals surface area contributed by atoms with Crippen LogP contribution in [0.1, 0.15) is 22.0 Å². The summed E-state index contributed by atoms with van der Waals surface area (Å²) in [7, 11) is -3.90. The van der Waals surface area contributed by atoms with Gasteiger partial charge in [0.25, 0.3) is 17.5 Å². The number of rotatable bonds is 5. The number of amides is 1.